The van der Waals surface area contributed by atoms with Gasteiger partial charge in [0.2, 0.25) is 0 Å². The summed E-state index contributed by atoms with van der Waals surface area (Å²) >= 11 is 5.92. The molecule has 0 radical (unpaired) electrons. The molecule has 0 unspecified atom stereocenters. The summed E-state index contributed by atoms with van der Waals surface area (Å²) in [6, 6.07) is 0.0703. The van der Waals surface area contributed by atoms with Gasteiger partial charge in [0.25, 0.3) is 0 Å². The highest BCUT2D eigenvalue weighted by Gasteiger charge is 2.21. The Morgan fingerprint density at radius 3 is 2.50 bits per heavy atom. The number of carboxylic acids is 1. The predicted molar refractivity (Wildman–Crippen MR) is 54.0 cm³/mol. The summed E-state index contributed by atoms with van der Waals surface area (Å²) in [5.74, 6) is -1.02. The van der Waals surface area contributed by atoms with E-state index < -0.39 is 5.97 Å². The third-order valence-electron chi connectivity index (χ3n) is 1.96. The van der Waals surface area contributed by atoms with E-state index in [1.807, 2.05) is 20.8 Å². The lowest BCUT2D eigenvalue weighted by molar-refractivity contribution is 0.0696. The number of hydrogen-bond donors (Lipinski definition) is 1. The first-order chi connectivity index (χ1) is 6.49. The van der Waals surface area contributed by atoms with Crippen molar-refractivity contribution in [1.82, 2.24) is 9.78 Å². The maximum atomic E-state index is 10.9. The molecule has 0 spiro atoms. The van der Waals surface area contributed by atoms with Crippen LogP contribution in [-0.4, -0.2) is 20.9 Å². The van der Waals surface area contributed by atoms with E-state index in [0.717, 1.165) is 0 Å². The van der Waals surface area contributed by atoms with Gasteiger partial charge in [-0.2, -0.15) is 5.10 Å². The fourth-order valence-corrected chi connectivity index (χ4v) is 1.68. The molecule has 0 aliphatic carbocycles. The maximum absolute atomic E-state index is 10.9. The van der Waals surface area contributed by atoms with E-state index in [2.05, 4.69) is 5.10 Å². The van der Waals surface area contributed by atoms with E-state index >= 15 is 0 Å². The predicted octanol–water partition coefficient (Wildman–Crippen LogP) is 2.38. The monoisotopic (exact) mass is 216 g/mol. The molecule has 0 bridgehead atoms. The topological polar surface area (TPSA) is 55.1 Å². The Hall–Kier alpha value is -1.03. The Kier molecular flexibility index (Phi) is 3.16. The van der Waals surface area contributed by atoms with Gasteiger partial charge in [0.15, 0.2) is 0 Å². The number of aromatic carboxylic acids is 1. The van der Waals surface area contributed by atoms with Crippen molar-refractivity contribution in [2.24, 2.45) is 0 Å². The maximum Gasteiger partial charge on any atom is 0.340 e. The summed E-state index contributed by atoms with van der Waals surface area (Å²) in [5.41, 5.74) is 0.666. The molecule has 0 fully saturated rings. The van der Waals surface area contributed by atoms with Gasteiger partial charge in [0.1, 0.15) is 10.7 Å². The van der Waals surface area contributed by atoms with E-state index in [4.69, 9.17) is 16.7 Å². The zero-order chi connectivity index (χ0) is 10.9. The molecule has 1 aromatic heterocycles. The molecule has 1 aromatic rings. The van der Waals surface area contributed by atoms with Crippen molar-refractivity contribution in [3.8, 4) is 0 Å². The minimum Gasteiger partial charge on any atom is -0.478 e. The lowest BCUT2D eigenvalue weighted by Gasteiger charge is -2.05. The van der Waals surface area contributed by atoms with Gasteiger partial charge >= 0.3 is 5.97 Å². The summed E-state index contributed by atoms with van der Waals surface area (Å²) in [6.45, 7) is 5.67. The van der Waals surface area contributed by atoms with E-state index in [0.29, 0.717) is 12.1 Å². The molecule has 0 atom stereocenters. The Morgan fingerprint density at radius 2 is 2.21 bits per heavy atom. The highest BCUT2D eigenvalue weighted by atomic mass is 35.5. The summed E-state index contributed by atoms with van der Waals surface area (Å²) in [7, 11) is 0. The molecule has 1 rings (SSSR count). The molecule has 0 aromatic carbocycles. The van der Waals surface area contributed by atoms with Gasteiger partial charge in [-0.25, -0.2) is 4.79 Å². The van der Waals surface area contributed by atoms with Gasteiger partial charge in [0.05, 0.1) is 5.69 Å². The molecule has 1 heterocycles. The van der Waals surface area contributed by atoms with Crippen molar-refractivity contribution in [3.63, 3.8) is 0 Å². The molecule has 0 saturated heterocycles. The normalized spacial score (nSPS) is 10.9. The van der Waals surface area contributed by atoms with Crippen LogP contribution in [0.2, 0.25) is 5.15 Å². The largest absolute Gasteiger partial charge is 0.478 e. The third-order valence-corrected chi connectivity index (χ3v) is 2.32. The minimum absolute atomic E-state index is 0.0703. The Labute approximate surface area is 87.5 Å². The Balaban J connectivity index is 3.33. The zero-order valence-electron chi connectivity index (χ0n) is 8.41. The molecule has 5 heteroatoms. The third kappa shape index (κ3) is 1.75. The summed E-state index contributed by atoms with van der Waals surface area (Å²) < 4.78 is 1.53. The first kappa shape index (κ1) is 11.0. The van der Waals surface area contributed by atoms with Gasteiger partial charge in [-0.15, -0.1) is 0 Å². The van der Waals surface area contributed by atoms with Crippen molar-refractivity contribution < 1.29 is 9.90 Å². The lowest BCUT2D eigenvalue weighted by Crippen LogP contribution is -2.03. The molecule has 1 N–H and O–H groups in total. The molecule has 0 amide bonds. The summed E-state index contributed by atoms with van der Waals surface area (Å²) in [6.07, 6.45) is 0.571. The van der Waals surface area contributed by atoms with Gasteiger partial charge < -0.3 is 5.11 Å². The highest BCUT2D eigenvalue weighted by molar-refractivity contribution is 6.32. The lowest BCUT2D eigenvalue weighted by atomic mass is 10.2. The highest BCUT2D eigenvalue weighted by Crippen LogP contribution is 2.23. The number of aryl methyl sites for hydroxylation is 1. The smallest absolute Gasteiger partial charge is 0.340 e. The van der Waals surface area contributed by atoms with E-state index in [1.54, 1.807) is 0 Å². The second-order valence-electron chi connectivity index (χ2n) is 3.31. The number of halogens is 1. The van der Waals surface area contributed by atoms with Crippen LogP contribution in [0.15, 0.2) is 0 Å². The number of aromatic nitrogens is 2. The number of nitrogens with zero attached hydrogens (tertiary/aromatic N) is 2. The van der Waals surface area contributed by atoms with Crippen molar-refractivity contribution in [3.05, 3.63) is 16.4 Å². The average Bonchev–Trinajstić information content (AvgIpc) is 2.42. The first-order valence-electron chi connectivity index (χ1n) is 4.49. The second kappa shape index (κ2) is 4.00. The van der Waals surface area contributed by atoms with Crippen molar-refractivity contribution in [2.75, 3.05) is 0 Å². The Bertz CT molecular complexity index is 358. The van der Waals surface area contributed by atoms with Crippen LogP contribution in [0.25, 0.3) is 0 Å². The fraction of sp³-hybridized carbons (Fsp3) is 0.556. The molecular formula is C9H13ClN2O2. The molecule has 14 heavy (non-hydrogen) atoms. The SMILES string of the molecule is CCc1nn(C(C)C)c(Cl)c1C(=O)O. The van der Waals surface area contributed by atoms with Gasteiger partial charge in [0, 0.05) is 6.04 Å². The number of carboxylic acid groups (broad SMARTS) is 1. The van der Waals surface area contributed by atoms with E-state index in [1.165, 1.54) is 4.68 Å². The average molecular weight is 217 g/mol. The number of hydrogen-bond acceptors (Lipinski definition) is 2. The van der Waals surface area contributed by atoms with Crippen LogP contribution in [0.4, 0.5) is 0 Å². The van der Waals surface area contributed by atoms with Crippen molar-refractivity contribution >= 4 is 17.6 Å². The van der Waals surface area contributed by atoms with Crippen LogP contribution < -0.4 is 0 Å². The minimum atomic E-state index is -1.02. The molecule has 78 valence electrons. The standard InChI is InChI=1S/C9H13ClN2O2/c1-4-6-7(9(13)14)8(10)12(11-6)5(2)3/h5H,4H2,1-3H3,(H,13,14). The zero-order valence-corrected chi connectivity index (χ0v) is 9.17. The number of rotatable bonds is 3. The molecule has 4 nitrogen and oxygen atoms in total. The molecule has 0 aliphatic heterocycles. The van der Waals surface area contributed by atoms with E-state index in [9.17, 15) is 4.79 Å². The second-order valence-corrected chi connectivity index (χ2v) is 3.67. The Morgan fingerprint density at radius 1 is 1.64 bits per heavy atom. The van der Waals surface area contributed by atoms with Crippen LogP contribution >= 0.6 is 11.6 Å². The summed E-state index contributed by atoms with van der Waals surface area (Å²) in [5, 5.41) is 13.3. The van der Waals surface area contributed by atoms with E-state index in [-0.39, 0.29) is 16.8 Å². The van der Waals surface area contributed by atoms with Gasteiger partial charge in [-0.1, -0.05) is 18.5 Å². The quantitative estimate of drug-likeness (QED) is 0.844. The van der Waals surface area contributed by atoms with Crippen LogP contribution in [0.5, 0.6) is 0 Å². The van der Waals surface area contributed by atoms with Gasteiger partial charge in [-0.05, 0) is 20.3 Å². The number of carbonyl (C=O) groups is 1. The van der Waals surface area contributed by atoms with Gasteiger partial charge in [-0.3, -0.25) is 4.68 Å². The fourth-order valence-electron chi connectivity index (χ4n) is 1.26. The molecule has 0 aliphatic rings. The van der Waals surface area contributed by atoms with Crippen LogP contribution in [-0.2, 0) is 6.42 Å². The van der Waals surface area contributed by atoms with Crippen LogP contribution in [0.3, 0.4) is 0 Å². The molecular weight excluding hydrogens is 204 g/mol. The van der Waals surface area contributed by atoms with Crippen LogP contribution in [0, 0.1) is 0 Å². The van der Waals surface area contributed by atoms with Crippen molar-refractivity contribution in [2.45, 2.75) is 33.2 Å². The first-order valence-corrected chi connectivity index (χ1v) is 4.87. The van der Waals surface area contributed by atoms with Crippen molar-refractivity contribution in [1.29, 1.82) is 0 Å². The van der Waals surface area contributed by atoms with Crippen LogP contribution in [0.1, 0.15) is 42.9 Å². The molecule has 0 saturated carbocycles. The summed E-state index contributed by atoms with van der Waals surface area (Å²) in [4.78, 5) is 10.9.